The van der Waals surface area contributed by atoms with E-state index < -0.39 is 46.2 Å². The van der Waals surface area contributed by atoms with Crippen LogP contribution < -0.4 is 10.0 Å². The molecule has 0 radical (unpaired) electrons. The van der Waals surface area contributed by atoms with Crippen LogP contribution in [0.2, 0.25) is 10.0 Å². The molecule has 0 spiro atoms. The zero-order valence-electron chi connectivity index (χ0n) is 14.7. The zero-order valence-corrected chi connectivity index (χ0v) is 17.0. The van der Waals surface area contributed by atoms with Gasteiger partial charge in [-0.15, -0.1) is 0 Å². The lowest BCUT2D eigenvalue weighted by Crippen LogP contribution is -2.40. The molecule has 29 heavy (non-hydrogen) atoms. The van der Waals surface area contributed by atoms with Gasteiger partial charge in [0, 0.05) is 6.07 Å². The minimum Gasteiger partial charge on any atom is -0.454 e. The van der Waals surface area contributed by atoms with Gasteiger partial charge in [0.25, 0.3) is 5.91 Å². The van der Waals surface area contributed by atoms with Crippen molar-refractivity contribution in [3.63, 3.8) is 0 Å². The van der Waals surface area contributed by atoms with Gasteiger partial charge in [-0.1, -0.05) is 23.2 Å². The van der Waals surface area contributed by atoms with Crippen molar-refractivity contribution in [2.24, 2.45) is 0 Å². The van der Waals surface area contributed by atoms with E-state index in [2.05, 4.69) is 10.0 Å². The second-order valence-corrected chi connectivity index (χ2v) is 8.23. The number of carbonyl (C=O) groups is 2. The average molecular weight is 467 g/mol. The maximum absolute atomic E-state index is 13.5. The molecule has 0 heterocycles. The molecule has 1 atom stereocenters. The molecule has 0 saturated carbocycles. The first-order chi connectivity index (χ1) is 13.5. The molecule has 156 valence electrons. The summed E-state index contributed by atoms with van der Waals surface area (Å²) in [6.45, 7) is 0.392. The summed E-state index contributed by atoms with van der Waals surface area (Å²) in [5, 5.41) is 2.26. The first-order valence-electron chi connectivity index (χ1n) is 7.88. The Labute approximate surface area is 175 Å². The Hall–Kier alpha value is -2.27. The molecule has 2 rings (SSSR count). The molecular weight excluding hydrogens is 453 g/mol. The number of benzene rings is 2. The van der Waals surface area contributed by atoms with Crippen molar-refractivity contribution < 1.29 is 31.5 Å². The number of sulfonamides is 1. The smallest absolute Gasteiger partial charge is 0.324 e. The Bertz CT molecular complexity index is 1050. The second kappa shape index (κ2) is 9.49. The van der Waals surface area contributed by atoms with Gasteiger partial charge < -0.3 is 10.1 Å². The number of hydrogen-bond acceptors (Lipinski definition) is 5. The van der Waals surface area contributed by atoms with Crippen molar-refractivity contribution in [3.8, 4) is 0 Å². The maximum atomic E-state index is 13.5. The summed E-state index contributed by atoms with van der Waals surface area (Å²) in [6.07, 6.45) is 0. The Morgan fingerprint density at radius 2 is 1.79 bits per heavy atom. The van der Waals surface area contributed by atoms with E-state index in [-0.39, 0.29) is 20.6 Å². The third-order valence-corrected chi connectivity index (χ3v) is 5.72. The number of amides is 1. The van der Waals surface area contributed by atoms with Gasteiger partial charge >= 0.3 is 5.97 Å². The highest BCUT2D eigenvalue weighted by Crippen LogP contribution is 2.24. The van der Waals surface area contributed by atoms with Crippen LogP contribution in [-0.2, 0) is 24.3 Å². The largest absolute Gasteiger partial charge is 0.454 e. The molecule has 1 unspecified atom stereocenters. The van der Waals surface area contributed by atoms with E-state index in [9.17, 15) is 26.8 Å². The minimum atomic E-state index is -4.12. The second-order valence-electron chi connectivity index (χ2n) is 5.70. The van der Waals surface area contributed by atoms with Crippen LogP contribution in [-0.4, -0.2) is 32.9 Å². The molecule has 0 aromatic heterocycles. The van der Waals surface area contributed by atoms with E-state index in [1.54, 1.807) is 0 Å². The SMILES string of the molecule is CC(NS(=O)(=O)c1ccc(Cl)c(Cl)c1)C(=O)OCC(=O)Nc1ccc(F)cc1F. The van der Waals surface area contributed by atoms with Gasteiger partial charge in [0.1, 0.15) is 17.7 Å². The molecule has 0 aliphatic heterocycles. The molecule has 7 nitrogen and oxygen atoms in total. The van der Waals surface area contributed by atoms with Crippen molar-refractivity contribution in [1.82, 2.24) is 4.72 Å². The van der Waals surface area contributed by atoms with Crippen molar-refractivity contribution in [2.75, 3.05) is 11.9 Å². The third-order valence-electron chi connectivity index (χ3n) is 3.44. The van der Waals surface area contributed by atoms with Gasteiger partial charge in [0.15, 0.2) is 6.61 Å². The first-order valence-corrected chi connectivity index (χ1v) is 10.1. The minimum absolute atomic E-state index is 0.00877. The summed E-state index contributed by atoms with van der Waals surface area (Å²) in [5.74, 6) is -3.78. The number of ether oxygens (including phenoxy) is 1. The van der Waals surface area contributed by atoms with Gasteiger partial charge in [0.2, 0.25) is 10.0 Å². The average Bonchev–Trinajstić information content (AvgIpc) is 2.63. The van der Waals surface area contributed by atoms with Crippen LogP contribution in [0.4, 0.5) is 14.5 Å². The third kappa shape index (κ3) is 6.36. The van der Waals surface area contributed by atoms with Crippen LogP contribution in [0.25, 0.3) is 0 Å². The lowest BCUT2D eigenvalue weighted by molar-refractivity contribution is -0.148. The van der Waals surface area contributed by atoms with Crippen LogP contribution in [0.5, 0.6) is 0 Å². The quantitative estimate of drug-likeness (QED) is 0.610. The predicted molar refractivity (Wildman–Crippen MR) is 102 cm³/mol. The molecule has 12 heteroatoms. The first kappa shape index (κ1) is 23.0. The van der Waals surface area contributed by atoms with Crippen molar-refractivity contribution >= 4 is 50.8 Å². The van der Waals surface area contributed by atoms with Gasteiger partial charge in [-0.25, -0.2) is 17.2 Å². The number of rotatable bonds is 7. The fraction of sp³-hybridized carbons (Fsp3) is 0.176. The number of hydrogen-bond donors (Lipinski definition) is 2. The highest BCUT2D eigenvalue weighted by atomic mass is 35.5. The number of esters is 1. The highest BCUT2D eigenvalue weighted by Gasteiger charge is 2.24. The van der Waals surface area contributed by atoms with Crippen LogP contribution in [0, 0.1) is 11.6 Å². The number of nitrogens with one attached hydrogen (secondary N) is 2. The van der Waals surface area contributed by atoms with E-state index in [4.69, 9.17) is 27.9 Å². The van der Waals surface area contributed by atoms with Gasteiger partial charge in [0.05, 0.1) is 20.6 Å². The van der Waals surface area contributed by atoms with E-state index in [0.29, 0.717) is 6.07 Å². The molecule has 0 aliphatic rings. The van der Waals surface area contributed by atoms with E-state index in [1.807, 2.05) is 0 Å². The summed E-state index contributed by atoms with van der Waals surface area (Å²) in [6, 6.07) is 4.74. The number of carbonyl (C=O) groups excluding carboxylic acids is 2. The van der Waals surface area contributed by atoms with E-state index in [1.165, 1.54) is 19.1 Å². The van der Waals surface area contributed by atoms with Crippen molar-refractivity contribution in [3.05, 3.63) is 58.1 Å². The van der Waals surface area contributed by atoms with Crippen LogP contribution in [0.1, 0.15) is 6.92 Å². The normalized spacial score (nSPS) is 12.3. The van der Waals surface area contributed by atoms with E-state index >= 15 is 0 Å². The Balaban J connectivity index is 1.92. The molecule has 2 N–H and O–H groups in total. The summed E-state index contributed by atoms with van der Waals surface area (Å²) >= 11 is 11.5. The predicted octanol–water partition coefficient (Wildman–Crippen LogP) is 3.12. The molecule has 1 amide bonds. The molecule has 2 aromatic carbocycles. The molecule has 0 bridgehead atoms. The number of halogens is 4. The lowest BCUT2D eigenvalue weighted by atomic mass is 10.3. The standard InChI is InChI=1S/C17H14Cl2F2N2O5S/c1-9(23-29(26,27)11-3-4-12(18)13(19)7-11)17(25)28-8-16(24)22-15-5-2-10(20)6-14(15)21/h2-7,9,23H,8H2,1H3,(H,22,24). The van der Waals surface area contributed by atoms with Gasteiger partial charge in [-0.05, 0) is 37.3 Å². The molecular formula is C17H14Cl2F2N2O5S. The van der Waals surface area contributed by atoms with Crippen LogP contribution >= 0.6 is 23.2 Å². The van der Waals surface area contributed by atoms with Crippen molar-refractivity contribution in [1.29, 1.82) is 0 Å². The van der Waals surface area contributed by atoms with Crippen LogP contribution in [0.3, 0.4) is 0 Å². The lowest BCUT2D eigenvalue weighted by Gasteiger charge is -2.14. The summed E-state index contributed by atoms with van der Waals surface area (Å²) in [5.41, 5.74) is -0.305. The zero-order chi connectivity index (χ0) is 21.8. The highest BCUT2D eigenvalue weighted by molar-refractivity contribution is 7.89. The fourth-order valence-electron chi connectivity index (χ4n) is 2.03. The number of anilines is 1. The van der Waals surface area contributed by atoms with E-state index in [0.717, 1.165) is 18.2 Å². The molecule has 0 aliphatic carbocycles. The molecule has 2 aromatic rings. The summed E-state index contributed by atoms with van der Waals surface area (Å²) < 4.78 is 57.7. The molecule has 0 fully saturated rings. The fourth-order valence-corrected chi connectivity index (χ4v) is 3.61. The maximum Gasteiger partial charge on any atom is 0.324 e. The molecule has 0 saturated heterocycles. The summed E-state index contributed by atoms with van der Waals surface area (Å²) in [7, 11) is -4.12. The Morgan fingerprint density at radius 1 is 1.10 bits per heavy atom. The monoisotopic (exact) mass is 466 g/mol. The van der Waals surface area contributed by atoms with Gasteiger partial charge in [-0.2, -0.15) is 4.72 Å². The summed E-state index contributed by atoms with van der Waals surface area (Å²) in [4.78, 5) is 23.5. The topological polar surface area (TPSA) is 102 Å². The Kier molecular flexibility index (Phi) is 7.53. The Morgan fingerprint density at radius 3 is 2.41 bits per heavy atom. The van der Waals surface area contributed by atoms with Crippen LogP contribution in [0.15, 0.2) is 41.3 Å². The van der Waals surface area contributed by atoms with Gasteiger partial charge in [-0.3, -0.25) is 9.59 Å². The van der Waals surface area contributed by atoms with Crippen molar-refractivity contribution in [2.45, 2.75) is 17.9 Å².